The summed E-state index contributed by atoms with van der Waals surface area (Å²) in [5.41, 5.74) is 6.99. The molecule has 0 aliphatic heterocycles. The van der Waals surface area contributed by atoms with Gasteiger partial charge in [0.05, 0.1) is 0 Å². The van der Waals surface area contributed by atoms with Crippen LogP contribution in [0.1, 0.15) is 21.5 Å². The molecular weight excluding hydrogens is 182 g/mol. The number of aliphatic hydroxyl groups excluding tert-OH is 1. The molecule has 0 heterocycles. The SMILES string of the molecule is Cc1ccc(C(N)=O)c(CC(O)O)c1. The Morgan fingerprint density at radius 2 is 2.14 bits per heavy atom. The van der Waals surface area contributed by atoms with Gasteiger partial charge in [0.15, 0.2) is 6.29 Å². The van der Waals surface area contributed by atoms with Crippen LogP contribution in [0.4, 0.5) is 0 Å². The number of hydrogen-bond acceptors (Lipinski definition) is 3. The molecule has 76 valence electrons. The summed E-state index contributed by atoms with van der Waals surface area (Å²) in [6.07, 6.45) is -1.45. The summed E-state index contributed by atoms with van der Waals surface area (Å²) in [6.45, 7) is 1.86. The molecule has 1 amide bonds. The van der Waals surface area contributed by atoms with E-state index in [1.807, 2.05) is 6.92 Å². The predicted octanol–water partition coefficient (Wildman–Crippen LogP) is -0.0529. The second-order valence-corrected chi connectivity index (χ2v) is 3.21. The first kappa shape index (κ1) is 10.7. The van der Waals surface area contributed by atoms with Crippen LogP contribution < -0.4 is 5.73 Å². The zero-order valence-corrected chi connectivity index (χ0v) is 7.90. The molecule has 1 aromatic rings. The van der Waals surface area contributed by atoms with Crippen LogP contribution in [0.3, 0.4) is 0 Å². The van der Waals surface area contributed by atoms with Gasteiger partial charge in [-0.2, -0.15) is 0 Å². The lowest BCUT2D eigenvalue weighted by Gasteiger charge is -2.08. The van der Waals surface area contributed by atoms with Crippen molar-refractivity contribution in [3.05, 3.63) is 34.9 Å². The highest BCUT2D eigenvalue weighted by Gasteiger charge is 2.10. The molecule has 1 aromatic carbocycles. The number of benzene rings is 1. The molecule has 4 nitrogen and oxygen atoms in total. The Morgan fingerprint density at radius 3 is 2.64 bits per heavy atom. The molecule has 1 rings (SSSR count). The molecule has 14 heavy (non-hydrogen) atoms. The highest BCUT2D eigenvalue weighted by molar-refractivity contribution is 5.94. The molecular formula is C10H13NO3. The van der Waals surface area contributed by atoms with Crippen molar-refractivity contribution in [2.45, 2.75) is 19.6 Å². The van der Waals surface area contributed by atoms with E-state index in [0.29, 0.717) is 11.1 Å². The summed E-state index contributed by atoms with van der Waals surface area (Å²) in [4.78, 5) is 11.0. The fourth-order valence-corrected chi connectivity index (χ4v) is 1.33. The van der Waals surface area contributed by atoms with Gasteiger partial charge in [-0.05, 0) is 18.6 Å². The predicted molar refractivity (Wildman–Crippen MR) is 51.6 cm³/mol. The van der Waals surface area contributed by atoms with E-state index in [4.69, 9.17) is 15.9 Å². The Balaban J connectivity index is 3.09. The zero-order chi connectivity index (χ0) is 10.7. The zero-order valence-electron chi connectivity index (χ0n) is 7.90. The molecule has 0 atom stereocenters. The van der Waals surface area contributed by atoms with E-state index in [-0.39, 0.29) is 6.42 Å². The van der Waals surface area contributed by atoms with Crippen LogP contribution >= 0.6 is 0 Å². The molecule has 0 radical (unpaired) electrons. The number of rotatable bonds is 3. The summed E-state index contributed by atoms with van der Waals surface area (Å²) < 4.78 is 0. The molecule has 4 heteroatoms. The average Bonchev–Trinajstić information content (AvgIpc) is 2.01. The van der Waals surface area contributed by atoms with Gasteiger partial charge in [0.1, 0.15) is 0 Å². The minimum Gasteiger partial charge on any atom is -0.368 e. The van der Waals surface area contributed by atoms with Crippen LogP contribution in [0.25, 0.3) is 0 Å². The maximum atomic E-state index is 11.0. The Labute approximate surface area is 82.0 Å². The first-order chi connectivity index (χ1) is 6.50. The fourth-order valence-electron chi connectivity index (χ4n) is 1.33. The third kappa shape index (κ3) is 2.55. The van der Waals surface area contributed by atoms with E-state index in [2.05, 4.69) is 0 Å². The van der Waals surface area contributed by atoms with Crippen molar-refractivity contribution in [2.75, 3.05) is 0 Å². The van der Waals surface area contributed by atoms with Gasteiger partial charge in [0.25, 0.3) is 0 Å². The van der Waals surface area contributed by atoms with Crippen molar-refractivity contribution >= 4 is 5.91 Å². The normalized spacial score (nSPS) is 10.6. The first-order valence-corrected chi connectivity index (χ1v) is 4.26. The molecule has 0 saturated heterocycles. The van der Waals surface area contributed by atoms with Crippen molar-refractivity contribution in [3.8, 4) is 0 Å². The van der Waals surface area contributed by atoms with Crippen LogP contribution in [-0.2, 0) is 6.42 Å². The number of carbonyl (C=O) groups excluding carboxylic acids is 1. The van der Waals surface area contributed by atoms with Crippen molar-refractivity contribution in [3.63, 3.8) is 0 Å². The molecule has 0 aromatic heterocycles. The first-order valence-electron chi connectivity index (χ1n) is 4.26. The quantitative estimate of drug-likeness (QED) is 0.591. The lowest BCUT2D eigenvalue weighted by atomic mass is 10.0. The van der Waals surface area contributed by atoms with Gasteiger partial charge < -0.3 is 15.9 Å². The Hall–Kier alpha value is -1.39. The number of aryl methyl sites for hydroxylation is 1. The number of aliphatic hydroxyl groups is 2. The monoisotopic (exact) mass is 195 g/mol. The van der Waals surface area contributed by atoms with Gasteiger partial charge >= 0.3 is 0 Å². The van der Waals surface area contributed by atoms with Crippen molar-refractivity contribution in [1.29, 1.82) is 0 Å². The van der Waals surface area contributed by atoms with E-state index in [9.17, 15) is 4.79 Å². The Morgan fingerprint density at radius 1 is 1.50 bits per heavy atom. The van der Waals surface area contributed by atoms with Gasteiger partial charge in [-0.3, -0.25) is 4.79 Å². The van der Waals surface area contributed by atoms with Crippen LogP contribution in [0.5, 0.6) is 0 Å². The third-order valence-electron chi connectivity index (χ3n) is 1.93. The van der Waals surface area contributed by atoms with E-state index in [1.54, 1.807) is 18.2 Å². The molecule has 0 aliphatic carbocycles. The van der Waals surface area contributed by atoms with Crippen molar-refractivity contribution < 1.29 is 15.0 Å². The van der Waals surface area contributed by atoms with Crippen LogP contribution in [-0.4, -0.2) is 22.4 Å². The lowest BCUT2D eigenvalue weighted by molar-refractivity contribution is -0.0382. The Kier molecular flexibility index (Phi) is 3.22. The molecule has 0 saturated carbocycles. The lowest BCUT2D eigenvalue weighted by Crippen LogP contribution is -2.17. The molecule has 0 fully saturated rings. The second-order valence-electron chi connectivity index (χ2n) is 3.21. The molecule has 0 aliphatic rings. The van der Waals surface area contributed by atoms with Gasteiger partial charge in [0.2, 0.25) is 5.91 Å². The van der Waals surface area contributed by atoms with E-state index in [1.165, 1.54) is 0 Å². The summed E-state index contributed by atoms with van der Waals surface area (Å²) in [5, 5.41) is 17.6. The summed E-state index contributed by atoms with van der Waals surface area (Å²) in [5.74, 6) is -0.555. The maximum absolute atomic E-state index is 11.0. The van der Waals surface area contributed by atoms with E-state index >= 15 is 0 Å². The standard InChI is InChI=1S/C10H13NO3/c1-6-2-3-8(10(11)14)7(4-6)5-9(12)13/h2-4,9,12-13H,5H2,1H3,(H2,11,14). The van der Waals surface area contributed by atoms with Crippen molar-refractivity contribution in [1.82, 2.24) is 0 Å². The molecule has 4 N–H and O–H groups in total. The van der Waals surface area contributed by atoms with Crippen LogP contribution in [0.2, 0.25) is 0 Å². The minimum absolute atomic E-state index is 0.0138. The number of primary amides is 1. The largest absolute Gasteiger partial charge is 0.368 e. The number of hydrogen-bond donors (Lipinski definition) is 3. The van der Waals surface area contributed by atoms with Gasteiger partial charge in [0, 0.05) is 12.0 Å². The summed E-state index contributed by atoms with van der Waals surface area (Å²) in [6, 6.07) is 5.07. The van der Waals surface area contributed by atoms with Crippen LogP contribution in [0.15, 0.2) is 18.2 Å². The summed E-state index contributed by atoms with van der Waals surface area (Å²) >= 11 is 0. The summed E-state index contributed by atoms with van der Waals surface area (Å²) in [7, 11) is 0. The Bertz CT molecular complexity index is 347. The topological polar surface area (TPSA) is 83.6 Å². The van der Waals surface area contributed by atoms with Gasteiger partial charge in [-0.15, -0.1) is 0 Å². The average molecular weight is 195 g/mol. The fraction of sp³-hybridized carbons (Fsp3) is 0.300. The van der Waals surface area contributed by atoms with Gasteiger partial charge in [-0.1, -0.05) is 17.7 Å². The van der Waals surface area contributed by atoms with E-state index in [0.717, 1.165) is 5.56 Å². The number of carbonyl (C=O) groups is 1. The maximum Gasteiger partial charge on any atom is 0.248 e. The molecule has 0 unspecified atom stereocenters. The number of nitrogens with two attached hydrogens (primary N) is 1. The highest BCUT2D eigenvalue weighted by Crippen LogP contribution is 2.13. The van der Waals surface area contributed by atoms with Gasteiger partial charge in [-0.25, -0.2) is 0 Å². The van der Waals surface area contributed by atoms with E-state index < -0.39 is 12.2 Å². The van der Waals surface area contributed by atoms with Crippen LogP contribution in [0, 0.1) is 6.92 Å². The third-order valence-corrected chi connectivity index (χ3v) is 1.93. The van der Waals surface area contributed by atoms with Crippen molar-refractivity contribution in [2.24, 2.45) is 5.73 Å². The molecule has 0 bridgehead atoms. The highest BCUT2D eigenvalue weighted by atomic mass is 16.5. The smallest absolute Gasteiger partial charge is 0.248 e. The molecule has 0 spiro atoms. The second kappa shape index (κ2) is 4.21. The number of amides is 1. The minimum atomic E-state index is -1.46.